The van der Waals surface area contributed by atoms with Crippen molar-refractivity contribution in [2.24, 2.45) is 0 Å². The summed E-state index contributed by atoms with van der Waals surface area (Å²) in [6.45, 7) is 4.39. The smallest absolute Gasteiger partial charge is 0.351 e. The van der Waals surface area contributed by atoms with Crippen LogP contribution in [0, 0.1) is 19.3 Å². The first kappa shape index (κ1) is 15.0. The van der Waals surface area contributed by atoms with Gasteiger partial charge in [-0.1, -0.05) is 12.8 Å². The first-order valence-electron chi connectivity index (χ1n) is 7.22. The summed E-state index contributed by atoms with van der Waals surface area (Å²) in [6.07, 6.45) is 6.33. The van der Waals surface area contributed by atoms with E-state index in [0.717, 1.165) is 0 Å². The zero-order valence-electron chi connectivity index (χ0n) is 12.6. The summed E-state index contributed by atoms with van der Waals surface area (Å²) in [7, 11) is 0. The van der Waals surface area contributed by atoms with Gasteiger partial charge in [0.25, 0.3) is 0 Å². The maximum atomic E-state index is 12.1. The van der Waals surface area contributed by atoms with Crippen molar-refractivity contribution in [2.45, 2.75) is 44.3 Å². The van der Waals surface area contributed by atoms with Gasteiger partial charge in [0.1, 0.15) is 30.2 Å². The predicted molar refractivity (Wildman–Crippen MR) is 79.1 cm³/mol. The van der Waals surface area contributed by atoms with Gasteiger partial charge >= 0.3 is 5.69 Å². The first-order chi connectivity index (χ1) is 10.5. The van der Waals surface area contributed by atoms with E-state index in [-0.39, 0.29) is 18.5 Å². The van der Waals surface area contributed by atoms with E-state index >= 15 is 0 Å². The SMILES string of the molecule is C#CCO[C@@H]1C2OC[C@]1(CC)O[C@H]2n1cc(C)c(N)nc1=O. The molecule has 1 aromatic heterocycles. The molecule has 3 heterocycles. The van der Waals surface area contributed by atoms with Gasteiger partial charge in [-0.25, -0.2) is 4.79 Å². The lowest BCUT2D eigenvalue weighted by molar-refractivity contribution is -0.176. The van der Waals surface area contributed by atoms with Gasteiger partial charge in [-0.3, -0.25) is 4.57 Å². The van der Waals surface area contributed by atoms with Crippen LogP contribution < -0.4 is 11.4 Å². The number of hydrogen-bond acceptors (Lipinski definition) is 6. The maximum absolute atomic E-state index is 12.1. The molecule has 0 amide bonds. The summed E-state index contributed by atoms with van der Waals surface area (Å²) in [6, 6.07) is 0. The van der Waals surface area contributed by atoms with Gasteiger partial charge in [0, 0.05) is 11.8 Å². The summed E-state index contributed by atoms with van der Waals surface area (Å²) in [5, 5.41) is 0. The number of terminal acetylenes is 1. The van der Waals surface area contributed by atoms with E-state index in [2.05, 4.69) is 10.9 Å². The highest BCUT2D eigenvalue weighted by Gasteiger charge is 2.62. The molecule has 0 spiro atoms. The van der Waals surface area contributed by atoms with Gasteiger partial charge in [0.2, 0.25) is 0 Å². The zero-order valence-corrected chi connectivity index (χ0v) is 12.6. The van der Waals surface area contributed by atoms with E-state index in [1.807, 2.05) is 6.92 Å². The fourth-order valence-corrected chi connectivity index (χ4v) is 3.09. The predicted octanol–water partition coefficient (Wildman–Crippen LogP) is 0.229. The van der Waals surface area contributed by atoms with Crippen molar-refractivity contribution in [3.63, 3.8) is 0 Å². The highest BCUT2D eigenvalue weighted by Crippen LogP contribution is 2.47. The third kappa shape index (κ3) is 2.11. The first-order valence-corrected chi connectivity index (χ1v) is 7.22. The molecule has 2 aliphatic heterocycles. The molecule has 2 aliphatic rings. The topological polar surface area (TPSA) is 88.6 Å². The number of aryl methyl sites for hydroxylation is 1. The van der Waals surface area contributed by atoms with E-state index in [1.54, 1.807) is 13.1 Å². The number of anilines is 1. The van der Waals surface area contributed by atoms with Gasteiger partial charge in [0.15, 0.2) is 6.23 Å². The third-order valence-electron chi connectivity index (χ3n) is 4.37. The van der Waals surface area contributed by atoms with E-state index in [9.17, 15) is 4.79 Å². The molecule has 1 unspecified atom stereocenters. The Hall–Kier alpha value is -1.88. The molecule has 4 atom stereocenters. The summed E-state index contributed by atoms with van der Waals surface area (Å²) in [5.41, 5.74) is 5.32. The van der Waals surface area contributed by atoms with Gasteiger partial charge in [-0.05, 0) is 13.3 Å². The van der Waals surface area contributed by atoms with Crippen molar-refractivity contribution in [3.8, 4) is 12.3 Å². The molecule has 2 fully saturated rings. The van der Waals surface area contributed by atoms with E-state index in [4.69, 9.17) is 26.4 Å². The Balaban J connectivity index is 1.96. The Morgan fingerprint density at radius 1 is 1.68 bits per heavy atom. The van der Waals surface area contributed by atoms with Crippen molar-refractivity contribution in [3.05, 3.63) is 22.2 Å². The van der Waals surface area contributed by atoms with Crippen molar-refractivity contribution in [2.75, 3.05) is 18.9 Å². The molecular formula is C15H19N3O4. The summed E-state index contributed by atoms with van der Waals surface area (Å²) >= 11 is 0. The fraction of sp³-hybridized carbons (Fsp3) is 0.600. The number of nitrogens with zero attached hydrogens (tertiary/aromatic N) is 2. The van der Waals surface area contributed by atoms with Crippen LogP contribution >= 0.6 is 0 Å². The lowest BCUT2D eigenvalue weighted by atomic mass is 9.96. The third-order valence-corrected chi connectivity index (χ3v) is 4.37. The number of fused-ring (bicyclic) bond motifs is 2. The van der Waals surface area contributed by atoms with E-state index in [1.165, 1.54) is 4.57 Å². The standard InChI is InChI=1S/C15H19N3O4/c1-4-6-20-11-10-13(22-15(11,5-2)8-21-10)18-7-9(3)12(16)17-14(18)19/h1,7,10-11,13H,5-6,8H2,2-3H3,(H2,16,17,19)/t10?,11-,13-,15+/m1/s1. The number of aromatic nitrogens is 2. The minimum absolute atomic E-state index is 0.177. The van der Waals surface area contributed by atoms with Gasteiger partial charge in [-0.2, -0.15) is 4.98 Å². The second kappa shape index (κ2) is 5.39. The zero-order chi connectivity index (χ0) is 15.9. The van der Waals surface area contributed by atoms with Crippen LogP contribution in [0.3, 0.4) is 0 Å². The highest BCUT2D eigenvalue weighted by atomic mass is 16.7. The van der Waals surface area contributed by atoms with Crippen LogP contribution in [-0.4, -0.2) is 40.6 Å². The van der Waals surface area contributed by atoms with Crippen LogP contribution in [-0.2, 0) is 14.2 Å². The van der Waals surface area contributed by atoms with Crippen LogP contribution in [0.4, 0.5) is 5.82 Å². The highest BCUT2D eigenvalue weighted by molar-refractivity contribution is 5.35. The van der Waals surface area contributed by atoms with E-state index < -0.39 is 23.6 Å². The maximum Gasteiger partial charge on any atom is 0.351 e. The van der Waals surface area contributed by atoms with Crippen LogP contribution in [0.15, 0.2) is 11.0 Å². The molecule has 1 aromatic rings. The minimum Gasteiger partial charge on any atom is -0.383 e. The molecule has 22 heavy (non-hydrogen) atoms. The molecule has 0 saturated carbocycles. The number of rotatable bonds is 4. The number of ether oxygens (including phenoxy) is 3. The molecule has 2 bridgehead atoms. The van der Waals surface area contributed by atoms with Crippen molar-refractivity contribution in [1.82, 2.24) is 9.55 Å². The largest absolute Gasteiger partial charge is 0.383 e. The van der Waals surface area contributed by atoms with Crippen LogP contribution in [0.25, 0.3) is 0 Å². The summed E-state index contributed by atoms with van der Waals surface area (Å²) < 4.78 is 19.1. The number of hydrogen-bond donors (Lipinski definition) is 1. The van der Waals surface area contributed by atoms with Gasteiger partial charge in [-0.15, -0.1) is 6.42 Å². The monoisotopic (exact) mass is 305 g/mol. The average Bonchev–Trinajstić information content (AvgIpc) is 3.01. The summed E-state index contributed by atoms with van der Waals surface area (Å²) in [4.78, 5) is 15.9. The quantitative estimate of drug-likeness (QED) is 0.801. The molecule has 7 heteroatoms. The van der Waals surface area contributed by atoms with E-state index in [0.29, 0.717) is 18.6 Å². The van der Waals surface area contributed by atoms with Crippen LogP contribution in [0.2, 0.25) is 0 Å². The lowest BCUT2D eigenvalue weighted by Crippen LogP contribution is -2.41. The average molecular weight is 305 g/mol. The van der Waals surface area contributed by atoms with Crippen LogP contribution in [0.5, 0.6) is 0 Å². The number of nitrogen functional groups attached to an aromatic ring is 1. The molecule has 2 saturated heterocycles. The molecule has 2 N–H and O–H groups in total. The summed E-state index contributed by atoms with van der Waals surface area (Å²) in [5.74, 6) is 2.67. The molecule has 118 valence electrons. The van der Waals surface area contributed by atoms with Gasteiger partial charge < -0.3 is 19.9 Å². The lowest BCUT2D eigenvalue weighted by Gasteiger charge is -2.30. The Morgan fingerprint density at radius 2 is 2.45 bits per heavy atom. The van der Waals surface area contributed by atoms with Crippen molar-refractivity contribution < 1.29 is 14.2 Å². The molecule has 0 aliphatic carbocycles. The molecule has 3 rings (SSSR count). The normalized spacial score (nSPS) is 33.0. The van der Waals surface area contributed by atoms with Crippen LogP contribution in [0.1, 0.15) is 25.1 Å². The molecule has 0 radical (unpaired) electrons. The Labute approximate surface area is 128 Å². The fourth-order valence-electron chi connectivity index (χ4n) is 3.09. The number of nitrogens with two attached hydrogens (primary N) is 1. The molecule has 0 aromatic carbocycles. The van der Waals surface area contributed by atoms with Gasteiger partial charge in [0.05, 0.1) is 6.61 Å². The van der Waals surface area contributed by atoms with Crippen molar-refractivity contribution >= 4 is 5.82 Å². The Bertz CT molecular complexity index is 680. The second-order valence-electron chi connectivity index (χ2n) is 5.64. The minimum atomic E-state index is -0.587. The Kier molecular flexibility index (Phi) is 3.68. The Morgan fingerprint density at radius 3 is 3.14 bits per heavy atom. The molecule has 7 nitrogen and oxygen atoms in total. The van der Waals surface area contributed by atoms with Crippen molar-refractivity contribution in [1.29, 1.82) is 0 Å². The second-order valence-corrected chi connectivity index (χ2v) is 5.64. The molecular weight excluding hydrogens is 286 g/mol.